The first-order valence-electron chi connectivity index (χ1n) is 5.51. The highest BCUT2D eigenvalue weighted by Crippen LogP contribution is 2.23. The summed E-state index contributed by atoms with van der Waals surface area (Å²) in [6.07, 6.45) is 0. The van der Waals surface area contributed by atoms with E-state index in [1.54, 1.807) is 11.9 Å². The molecule has 18 heavy (non-hydrogen) atoms. The molecule has 0 radical (unpaired) electrons. The van der Waals surface area contributed by atoms with Gasteiger partial charge < -0.3 is 14.9 Å². The molecule has 1 aromatic carbocycles. The molecule has 1 N–H and O–H groups in total. The van der Waals surface area contributed by atoms with Gasteiger partial charge in [0.15, 0.2) is 0 Å². The van der Waals surface area contributed by atoms with Crippen LogP contribution in [0.3, 0.4) is 0 Å². The standard InChI is InChI=1S/C12H13ClN2O3/c1-14-4-5-15(7-11(14)17)12(18)9-6-8(13)2-3-10(9)16/h2-3,6,16H,4-5,7H2,1H3. The van der Waals surface area contributed by atoms with Gasteiger partial charge in [0.05, 0.1) is 5.56 Å². The zero-order valence-electron chi connectivity index (χ0n) is 9.89. The monoisotopic (exact) mass is 268 g/mol. The van der Waals surface area contributed by atoms with E-state index in [1.165, 1.54) is 23.1 Å². The number of hydrogen-bond donors (Lipinski definition) is 1. The zero-order valence-corrected chi connectivity index (χ0v) is 10.6. The minimum absolute atomic E-state index is 0.0291. The zero-order chi connectivity index (χ0) is 13.3. The van der Waals surface area contributed by atoms with Crippen molar-refractivity contribution >= 4 is 23.4 Å². The van der Waals surface area contributed by atoms with E-state index in [9.17, 15) is 14.7 Å². The topological polar surface area (TPSA) is 60.9 Å². The van der Waals surface area contributed by atoms with E-state index >= 15 is 0 Å². The fraction of sp³-hybridized carbons (Fsp3) is 0.333. The summed E-state index contributed by atoms with van der Waals surface area (Å²) in [5.74, 6) is -0.622. The number of aromatic hydroxyl groups is 1. The average molecular weight is 269 g/mol. The van der Waals surface area contributed by atoms with Crippen molar-refractivity contribution in [1.82, 2.24) is 9.80 Å². The highest BCUT2D eigenvalue weighted by molar-refractivity contribution is 6.31. The summed E-state index contributed by atoms with van der Waals surface area (Å²) in [5.41, 5.74) is 0.125. The molecule has 2 rings (SSSR count). The van der Waals surface area contributed by atoms with Crippen molar-refractivity contribution in [2.24, 2.45) is 0 Å². The number of hydrogen-bond acceptors (Lipinski definition) is 3. The van der Waals surface area contributed by atoms with Gasteiger partial charge in [0.2, 0.25) is 5.91 Å². The van der Waals surface area contributed by atoms with Gasteiger partial charge in [-0.2, -0.15) is 0 Å². The van der Waals surface area contributed by atoms with E-state index in [4.69, 9.17) is 11.6 Å². The Morgan fingerprint density at radius 2 is 2.11 bits per heavy atom. The number of phenols is 1. The van der Waals surface area contributed by atoms with E-state index in [2.05, 4.69) is 0 Å². The van der Waals surface area contributed by atoms with Crippen LogP contribution in [0, 0.1) is 0 Å². The lowest BCUT2D eigenvalue weighted by molar-refractivity contribution is -0.133. The van der Waals surface area contributed by atoms with Gasteiger partial charge in [-0.1, -0.05) is 11.6 Å². The number of halogens is 1. The second kappa shape index (κ2) is 4.86. The highest BCUT2D eigenvalue weighted by Gasteiger charge is 2.27. The summed E-state index contributed by atoms with van der Waals surface area (Å²) in [5, 5.41) is 10.0. The van der Waals surface area contributed by atoms with Crippen molar-refractivity contribution in [3.63, 3.8) is 0 Å². The number of phenolic OH excluding ortho intramolecular Hbond substituents is 1. The molecule has 1 aliphatic rings. The molecule has 0 aliphatic carbocycles. The first-order valence-corrected chi connectivity index (χ1v) is 5.88. The molecule has 6 heteroatoms. The van der Waals surface area contributed by atoms with E-state index < -0.39 is 0 Å². The maximum atomic E-state index is 12.2. The second-order valence-electron chi connectivity index (χ2n) is 4.20. The minimum atomic E-state index is -0.378. The van der Waals surface area contributed by atoms with Crippen LogP contribution < -0.4 is 0 Å². The van der Waals surface area contributed by atoms with Crippen molar-refractivity contribution in [1.29, 1.82) is 0 Å². The molecule has 0 spiro atoms. The summed E-state index contributed by atoms with van der Waals surface area (Å²) in [6, 6.07) is 4.28. The Bertz CT molecular complexity index is 504. The van der Waals surface area contributed by atoms with Crippen LogP contribution >= 0.6 is 11.6 Å². The lowest BCUT2D eigenvalue weighted by Gasteiger charge is -2.32. The fourth-order valence-corrected chi connectivity index (χ4v) is 1.95. The molecule has 1 fully saturated rings. The largest absolute Gasteiger partial charge is 0.507 e. The van der Waals surface area contributed by atoms with E-state index in [0.29, 0.717) is 18.1 Å². The van der Waals surface area contributed by atoms with E-state index in [-0.39, 0.29) is 29.7 Å². The molecule has 1 aromatic rings. The molecule has 0 bridgehead atoms. The predicted molar refractivity (Wildman–Crippen MR) is 66.7 cm³/mol. The fourth-order valence-electron chi connectivity index (χ4n) is 1.78. The number of likely N-dealkylation sites (N-methyl/N-ethyl adjacent to an activating group) is 1. The van der Waals surface area contributed by atoms with Crippen LogP contribution in [-0.2, 0) is 4.79 Å². The Morgan fingerprint density at radius 1 is 1.39 bits per heavy atom. The van der Waals surface area contributed by atoms with Gasteiger partial charge >= 0.3 is 0 Å². The molecule has 0 unspecified atom stereocenters. The molecular weight excluding hydrogens is 256 g/mol. The van der Waals surface area contributed by atoms with Crippen LogP contribution in [0.4, 0.5) is 0 Å². The van der Waals surface area contributed by atoms with Crippen molar-refractivity contribution in [3.05, 3.63) is 28.8 Å². The second-order valence-corrected chi connectivity index (χ2v) is 4.64. The Balaban J connectivity index is 2.21. The molecule has 1 saturated heterocycles. The quantitative estimate of drug-likeness (QED) is 0.825. The van der Waals surface area contributed by atoms with Gasteiger partial charge in [-0.15, -0.1) is 0 Å². The summed E-state index contributed by atoms with van der Waals surface area (Å²) < 4.78 is 0. The first-order chi connectivity index (χ1) is 8.49. The summed E-state index contributed by atoms with van der Waals surface area (Å²) >= 11 is 5.79. The summed E-state index contributed by atoms with van der Waals surface area (Å²) in [7, 11) is 1.70. The number of carbonyl (C=O) groups excluding carboxylic acids is 2. The Hall–Kier alpha value is -1.75. The van der Waals surface area contributed by atoms with Gasteiger partial charge in [-0.25, -0.2) is 0 Å². The Labute approximate surface area is 110 Å². The third-order valence-electron chi connectivity index (χ3n) is 2.93. The van der Waals surface area contributed by atoms with Crippen LogP contribution in [0.2, 0.25) is 5.02 Å². The molecule has 0 atom stereocenters. The normalized spacial score (nSPS) is 16.0. The molecule has 1 aliphatic heterocycles. The van der Waals surface area contributed by atoms with Crippen molar-refractivity contribution < 1.29 is 14.7 Å². The molecule has 5 nitrogen and oxygen atoms in total. The van der Waals surface area contributed by atoms with E-state index in [0.717, 1.165) is 0 Å². The summed E-state index contributed by atoms with van der Waals surface area (Å²) in [6.45, 7) is 0.972. The van der Waals surface area contributed by atoms with Gasteiger partial charge in [0.1, 0.15) is 12.3 Å². The van der Waals surface area contributed by atoms with Gasteiger partial charge in [-0.05, 0) is 18.2 Å². The molecule has 2 amide bonds. The number of rotatable bonds is 1. The number of piperazine rings is 1. The number of amides is 2. The third kappa shape index (κ3) is 2.41. The molecule has 0 saturated carbocycles. The third-order valence-corrected chi connectivity index (χ3v) is 3.17. The van der Waals surface area contributed by atoms with Crippen molar-refractivity contribution in [3.8, 4) is 5.75 Å². The minimum Gasteiger partial charge on any atom is -0.507 e. The maximum Gasteiger partial charge on any atom is 0.258 e. The van der Waals surface area contributed by atoms with Crippen LogP contribution in [0.15, 0.2) is 18.2 Å². The van der Waals surface area contributed by atoms with Crippen molar-refractivity contribution in [2.75, 3.05) is 26.7 Å². The molecule has 96 valence electrons. The van der Waals surface area contributed by atoms with Crippen LogP contribution in [-0.4, -0.2) is 53.4 Å². The summed E-state index contributed by atoms with van der Waals surface area (Å²) in [4.78, 5) is 26.7. The van der Waals surface area contributed by atoms with Gasteiger partial charge in [0, 0.05) is 25.2 Å². The molecular formula is C12H13ClN2O3. The molecule has 0 aromatic heterocycles. The molecule has 1 heterocycles. The van der Waals surface area contributed by atoms with Gasteiger partial charge in [0.25, 0.3) is 5.91 Å². The lowest BCUT2D eigenvalue weighted by atomic mass is 10.1. The van der Waals surface area contributed by atoms with Crippen LogP contribution in [0.25, 0.3) is 0 Å². The first kappa shape index (κ1) is 12.7. The van der Waals surface area contributed by atoms with Crippen LogP contribution in [0.5, 0.6) is 5.75 Å². The highest BCUT2D eigenvalue weighted by atomic mass is 35.5. The predicted octanol–water partition coefficient (Wildman–Crippen LogP) is 0.960. The number of benzene rings is 1. The number of nitrogens with zero attached hydrogens (tertiary/aromatic N) is 2. The smallest absolute Gasteiger partial charge is 0.258 e. The average Bonchev–Trinajstić information content (AvgIpc) is 2.35. The Morgan fingerprint density at radius 3 is 2.78 bits per heavy atom. The van der Waals surface area contributed by atoms with Crippen molar-refractivity contribution in [2.45, 2.75) is 0 Å². The lowest BCUT2D eigenvalue weighted by Crippen LogP contribution is -2.50. The van der Waals surface area contributed by atoms with Gasteiger partial charge in [-0.3, -0.25) is 9.59 Å². The maximum absolute atomic E-state index is 12.2. The van der Waals surface area contributed by atoms with Crippen LogP contribution in [0.1, 0.15) is 10.4 Å². The Kier molecular flexibility index (Phi) is 3.43. The SMILES string of the molecule is CN1CCN(C(=O)c2cc(Cl)ccc2O)CC1=O. The number of carbonyl (C=O) groups is 2. The van der Waals surface area contributed by atoms with E-state index in [1.807, 2.05) is 0 Å².